The monoisotopic (exact) mass is 319 g/mol. The van der Waals surface area contributed by atoms with Crippen LogP contribution in [0, 0.1) is 6.92 Å². The van der Waals surface area contributed by atoms with Gasteiger partial charge < -0.3 is 25.1 Å². The number of nitrogens with two attached hydrogens (primary N) is 1. The van der Waals surface area contributed by atoms with Crippen LogP contribution in [0.1, 0.15) is 29.4 Å². The van der Waals surface area contributed by atoms with Crippen molar-refractivity contribution >= 4 is 5.91 Å². The van der Waals surface area contributed by atoms with Crippen LogP contribution in [0.25, 0.3) is 0 Å². The van der Waals surface area contributed by atoms with Gasteiger partial charge in [0.05, 0.1) is 13.0 Å². The van der Waals surface area contributed by atoms with Gasteiger partial charge in [-0.15, -0.1) is 0 Å². The SMILES string of the molecule is COc1ccc([C@@H](CC(N)=O)c2oc(C)cc(=O)c2O)cc1O. The first-order valence-corrected chi connectivity index (χ1v) is 6.82. The summed E-state index contributed by atoms with van der Waals surface area (Å²) in [5.74, 6) is -1.72. The number of primary amides is 1. The zero-order valence-electron chi connectivity index (χ0n) is 12.7. The Kier molecular flexibility index (Phi) is 4.59. The first-order chi connectivity index (χ1) is 10.8. The number of methoxy groups -OCH3 is 1. The highest BCUT2D eigenvalue weighted by molar-refractivity contribution is 5.75. The predicted molar refractivity (Wildman–Crippen MR) is 81.7 cm³/mol. The van der Waals surface area contributed by atoms with E-state index in [1.54, 1.807) is 13.0 Å². The molecular weight excluding hydrogens is 302 g/mol. The highest BCUT2D eigenvalue weighted by Gasteiger charge is 2.25. The topological polar surface area (TPSA) is 123 Å². The minimum Gasteiger partial charge on any atom is -0.504 e. The van der Waals surface area contributed by atoms with Crippen molar-refractivity contribution in [2.24, 2.45) is 5.73 Å². The zero-order valence-corrected chi connectivity index (χ0v) is 12.7. The van der Waals surface area contributed by atoms with E-state index in [-0.39, 0.29) is 29.4 Å². The lowest BCUT2D eigenvalue weighted by atomic mass is 9.91. The smallest absolute Gasteiger partial charge is 0.227 e. The fourth-order valence-electron chi connectivity index (χ4n) is 2.35. The number of hydrogen-bond donors (Lipinski definition) is 3. The number of hydrogen-bond acceptors (Lipinski definition) is 6. The molecule has 0 saturated heterocycles. The third kappa shape index (κ3) is 3.45. The van der Waals surface area contributed by atoms with Gasteiger partial charge in [0.1, 0.15) is 5.76 Å². The zero-order chi connectivity index (χ0) is 17.1. The average Bonchev–Trinajstić information content (AvgIpc) is 2.48. The number of carbonyl (C=O) groups excluding carboxylic acids is 1. The van der Waals surface area contributed by atoms with Crippen molar-refractivity contribution in [2.75, 3.05) is 7.11 Å². The van der Waals surface area contributed by atoms with Gasteiger partial charge in [-0.3, -0.25) is 9.59 Å². The number of phenolic OH excluding ortho intramolecular Hbond substituents is 1. The van der Waals surface area contributed by atoms with E-state index < -0.39 is 23.0 Å². The van der Waals surface area contributed by atoms with E-state index in [0.29, 0.717) is 5.56 Å². The molecule has 1 amide bonds. The van der Waals surface area contributed by atoms with Crippen molar-refractivity contribution in [1.82, 2.24) is 0 Å². The molecule has 0 fully saturated rings. The van der Waals surface area contributed by atoms with E-state index in [9.17, 15) is 19.8 Å². The van der Waals surface area contributed by atoms with Gasteiger partial charge in [0.2, 0.25) is 17.1 Å². The predicted octanol–water partition coefficient (Wildman–Crippen LogP) is 1.38. The van der Waals surface area contributed by atoms with Gasteiger partial charge in [-0.05, 0) is 24.6 Å². The number of carbonyl (C=O) groups is 1. The van der Waals surface area contributed by atoms with Crippen molar-refractivity contribution in [1.29, 1.82) is 0 Å². The number of benzene rings is 1. The van der Waals surface area contributed by atoms with Gasteiger partial charge in [-0.2, -0.15) is 0 Å². The minimum absolute atomic E-state index is 0.0710. The van der Waals surface area contributed by atoms with Crippen molar-refractivity contribution < 1.29 is 24.2 Å². The second kappa shape index (κ2) is 6.43. The van der Waals surface area contributed by atoms with Gasteiger partial charge in [0.25, 0.3) is 0 Å². The Labute approximate surface area is 131 Å². The van der Waals surface area contributed by atoms with Crippen LogP contribution < -0.4 is 15.9 Å². The molecular formula is C16H17NO6. The van der Waals surface area contributed by atoms with Crippen molar-refractivity contribution in [3.63, 3.8) is 0 Å². The molecule has 0 aliphatic carbocycles. The van der Waals surface area contributed by atoms with Crippen LogP contribution in [-0.2, 0) is 4.79 Å². The number of aromatic hydroxyl groups is 2. The largest absolute Gasteiger partial charge is 0.504 e. The Morgan fingerprint density at radius 3 is 2.61 bits per heavy atom. The number of amides is 1. The quantitative estimate of drug-likeness (QED) is 0.765. The highest BCUT2D eigenvalue weighted by atomic mass is 16.5. The normalized spacial score (nSPS) is 11.9. The van der Waals surface area contributed by atoms with Gasteiger partial charge in [0, 0.05) is 12.5 Å². The minimum atomic E-state index is -0.808. The van der Waals surface area contributed by atoms with E-state index in [1.807, 2.05) is 0 Å². The molecule has 0 bridgehead atoms. The molecule has 0 spiro atoms. The highest BCUT2D eigenvalue weighted by Crippen LogP contribution is 2.36. The van der Waals surface area contributed by atoms with Crippen LogP contribution in [-0.4, -0.2) is 23.2 Å². The van der Waals surface area contributed by atoms with E-state index in [1.165, 1.54) is 19.2 Å². The summed E-state index contributed by atoms with van der Waals surface area (Å²) < 4.78 is 10.4. The van der Waals surface area contributed by atoms with Crippen LogP contribution in [0.2, 0.25) is 0 Å². The van der Waals surface area contributed by atoms with Crippen molar-refractivity contribution in [3.05, 3.63) is 51.6 Å². The Morgan fingerprint density at radius 1 is 1.35 bits per heavy atom. The summed E-state index contributed by atoms with van der Waals surface area (Å²) in [4.78, 5) is 23.1. The number of ether oxygens (including phenoxy) is 1. The second-order valence-electron chi connectivity index (χ2n) is 5.09. The first kappa shape index (κ1) is 16.4. The molecule has 122 valence electrons. The maximum absolute atomic E-state index is 11.8. The Bertz CT molecular complexity index is 796. The number of phenols is 1. The summed E-state index contributed by atoms with van der Waals surface area (Å²) >= 11 is 0. The van der Waals surface area contributed by atoms with Gasteiger partial charge >= 0.3 is 0 Å². The average molecular weight is 319 g/mol. The van der Waals surface area contributed by atoms with E-state index in [0.717, 1.165) is 6.07 Å². The molecule has 1 aromatic heterocycles. The van der Waals surface area contributed by atoms with Crippen LogP contribution in [0.4, 0.5) is 0 Å². The Hall–Kier alpha value is -2.96. The summed E-state index contributed by atoms with van der Waals surface area (Å²) in [5, 5.41) is 19.9. The van der Waals surface area contributed by atoms with E-state index >= 15 is 0 Å². The van der Waals surface area contributed by atoms with Crippen LogP contribution in [0.3, 0.4) is 0 Å². The molecule has 2 rings (SSSR count). The molecule has 1 heterocycles. The molecule has 4 N–H and O–H groups in total. The molecule has 1 atom stereocenters. The lowest BCUT2D eigenvalue weighted by Gasteiger charge is -2.17. The molecule has 0 saturated carbocycles. The molecule has 0 radical (unpaired) electrons. The van der Waals surface area contributed by atoms with Crippen molar-refractivity contribution in [2.45, 2.75) is 19.3 Å². The summed E-state index contributed by atoms with van der Waals surface area (Å²) in [6.45, 7) is 1.55. The van der Waals surface area contributed by atoms with E-state index in [2.05, 4.69) is 0 Å². The van der Waals surface area contributed by atoms with Gasteiger partial charge in [0.15, 0.2) is 17.3 Å². The lowest BCUT2D eigenvalue weighted by Crippen LogP contribution is -2.17. The fourth-order valence-corrected chi connectivity index (χ4v) is 2.35. The van der Waals surface area contributed by atoms with Crippen LogP contribution in [0.15, 0.2) is 33.5 Å². The molecule has 0 aliphatic rings. The Balaban J connectivity index is 2.60. The third-order valence-corrected chi connectivity index (χ3v) is 3.40. The molecule has 1 aromatic carbocycles. The molecule has 0 unspecified atom stereocenters. The van der Waals surface area contributed by atoms with Gasteiger partial charge in [-0.1, -0.05) is 6.07 Å². The molecule has 23 heavy (non-hydrogen) atoms. The number of rotatable bonds is 5. The molecule has 7 heteroatoms. The fraction of sp³-hybridized carbons (Fsp3) is 0.250. The molecule has 2 aromatic rings. The van der Waals surface area contributed by atoms with Crippen molar-refractivity contribution in [3.8, 4) is 17.2 Å². The molecule has 0 aliphatic heterocycles. The maximum Gasteiger partial charge on any atom is 0.227 e. The Morgan fingerprint density at radius 2 is 2.04 bits per heavy atom. The summed E-state index contributed by atoms with van der Waals surface area (Å²) in [7, 11) is 1.40. The third-order valence-electron chi connectivity index (χ3n) is 3.40. The standard InChI is InChI=1S/C16H17NO6/c1-8-5-12(19)15(21)16(23-8)10(7-14(17)20)9-3-4-13(22-2)11(18)6-9/h3-6,10,18,21H,7H2,1-2H3,(H2,17,20)/t10-/m1/s1. The van der Waals surface area contributed by atoms with Gasteiger partial charge in [-0.25, -0.2) is 0 Å². The lowest BCUT2D eigenvalue weighted by molar-refractivity contribution is -0.118. The first-order valence-electron chi connectivity index (χ1n) is 6.82. The number of aryl methyl sites for hydroxylation is 1. The van der Waals surface area contributed by atoms with Crippen LogP contribution >= 0.6 is 0 Å². The molecule has 7 nitrogen and oxygen atoms in total. The summed E-state index contributed by atoms with van der Waals surface area (Å²) in [6.07, 6.45) is -0.203. The maximum atomic E-state index is 11.8. The summed E-state index contributed by atoms with van der Waals surface area (Å²) in [6, 6.07) is 5.61. The summed E-state index contributed by atoms with van der Waals surface area (Å²) in [5.41, 5.74) is 5.10. The van der Waals surface area contributed by atoms with E-state index in [4.69, 9.17) is 14.9 Å². The second-order valence-corrected chi connectivity index (χ2v) is 5.09. The van der Waals surface area contributed by atoms with Crippen LogP contribution in [0.5, 0.6) is 17.2 Å².